The monoisotopic (exact) mass is 194 g/mol. The fourth-order valence-corrected chi connectivity index (χ4v) is 2.23. The molecule has 1 heterocycles. The maximum atomic E-state index is 11.2. The minimum Gasteiger partial charge on any atom is -0.376 e. The Morgan fingerprint density at radius 2 is 2.38 bits per heavy atom. The Bertz CT molecular complexity index is 337. The lowest BCUT2D eigenvalue weighted by Crippen LogP contribution is -2.17. The van der Waals surface area contributed by atoms with Gasteiger partial charge in [0.25, 0.3) is 0 Å². The van der Waals surface area contributed by atoms with Crippen LogP contribution in [0.25, 0.3) is 0 Å². The molecule has 0 saturated heterocycles. The molecule has 0 amide bonds. The zero-order valence-corrected chi connectivity index (χ0v) is 7.86. The lowest BCUT2D eigenvalue weighted by Gasteiger charge is -2.18. The van der Waals surface area contributed by atoms with Crippen LogP contribution in [0.3, 0.4) is 0 Å². The van der Waals surface area contributed by atoms with Gasteiger partial charge in [0, 0.05) is 17.1 Å². The van der Waals surface area contributed by atoms with E-state index in [0.29, 0.717) is 13.1 Å². The van der Waals surface area contributed by atoms with Gasteiger partial charge >= 0.3 is 0 Å². The van der Waals surface area contributed by atoms with Crippen molar-refractivity contribution in [2.45, 2.75) is 11.4 Å². The molecule has 0 fully saturated rings. The fraction of sp³-hybridized carbons (Fsp3) is 0.222. The van der Waals surface area contributed by atoms with Gasteiger partial charge in [-0.25, -0.2) is 0 Å². The van der Waals surface area contributed by atoms with Gasteiger partial charge in [-0.1, -0.05) is 12.1 Å². The highest BCUT2D eigenvalue weighted by atomic mass is 32.2. The molecule has 3 N–H and O–H groups in total. The molecule has 0 bridgehead atoms. The van der Waals surface area contributed by atoms with Gasteiger partial charge < -0.3 is 11.1 Å². The summed E-state index contributed by atoms with van der Waals surface area (Å²) < 4.78 is 0. The molecule has 1 aromatic rings. The molecular weight excluding hydrogens is 184 g/mol. The molecule has 3 nitrogen and oxygen atoms in total. The summed E-state index contributed by atoms with van der Waals surface area (Å²) in [6.07, 6.45) is 0. The van der Waals surface area contributed by atoms with Crippen molar-refractivity contribution >= 4 is 22.6 Å². The van der Waals surface area contributed by atoms with Crippen molar-refractivity contribution in [3.63, 3.8) is 0 Å². The van der Waals surface area contributed by atoms with Crippen molar-refractivity contribution in [3.05, 3.63) is 23.8 Å². The maximum Gasteiger partial charge on any atom is 0.212 e. The summed E-state index contributed by atoms with van der Waals surface area (Å²) in [4.78, 5) is 12.1. The van der Waals surface area contributed by atoms with Crippen molar-refractivity contribution in [1.29, 1.82) is 0 Å². The number of hydrogen-bond acceptors (Lipinski definition) is 4. The number of anilines is 1. The summed E-state index contributed by atoms with van der Waals surface area (Å²) in [6, 6.07) is 5.87. The van der Waals surface area contributed by atoms with Crippen LogP contribution in [0.1, 0.15) is 5.56 Å². The molecule has 13 heavy (non-hydrogen) atoms. The third-order valence-corrected chi connectivity index (χ3v) is 3.01. The molecule has 0 atom stereocenters. The second kappa shape index (κ2) is 3.40. The summed E-state index contributed by atoms with van der Waals surface area (Å²) >= 11 is 1.28. The molecule has 1 aliphatic heterocycles. The van der Waals surface area contributed by atoms with Gasteiger partial charge in [0.05, 0.1) is 6.54 Å². The van der Waals surface area contributed by atoms with Gasteiger partial charge in [-0.15, -0.1) is 0 Å². The zero-order chi connectivity index (χ0) is 9.26. The van der Waals surface area contributed by atoms with Crippen molar-refractivity contribution in [2.24, 2.45) is 5.73 Å². The van der Waals surface area contributed by atoms with Gasteiger partial charge in [0.2, 0.25) is 5.12 Å². The summed E-state index contributed by atoms with van der Waals surface area (Å²) in [6.45, 7) is 0.886. The quantitative estimate of drug-likeness (QED) is 0.705. The van der Waals surface area contributed by atoms with E-state index in [1.165, 1.54) is 11.8 Å². The van der Waals surface area contributed by atoms with Crippen LogP contribution in [0.5, 0.6) is 0 Å². The number of rotatable bonds is 1. The first kappa shape index (κ1) is 8.59. The smallest absolute Gasteiger partial charge is 0.212 e. The van der Waals surface area contributed by atoms with Crippen molar-refractivity contribution in [3.8, 4) is 0 Å². The van der Waals surface area contributed by atoms with Crippen LogP contribution in [-0.2, 0) is 11.3 Å². The predicted octanol–water partition coefficient (Wildman–Crippen LogP) is 1.19. The fourth-order valence-electron chi connectivity index (χ4n) is 1.32. The Labute approximate surface area is 80.7 Å². The standard InChI is InChI=1S/C9H10N2OS/c10-4-6-2-1-3-7-9(6)13-8(12)5-11-7/h1-3,11H,4-5,10H2. The first-order valence-electron chi connectivity index (χ1n) is 4.08. The lowest BCUT2D eigenvalue weighted by molar-refractivity contribution is -0.109. The van der Waals surface area contributed by atoms with Crippen LogP contribution >= 0.6 is 11.8 Å². The minimum absolute atomic E-state index is 0.147. The average molecular weight is 194 g/mol. The SMILES string of the molecule is NCc1cccc2c1SC(=O)CN2. The molecule has 2 rings (SSSR count). The Hall–Kier alpha value is -1.00. The van der Waals surface area contributed by atoms with Gasteiger partial charge in [-0.05, 0) is 23.4 Å². The summed E-state index contributed by atoms with van der Waals surface area (Å²) in [5.41, 5.74) is 7.62. The van der Waals surface area contributed by atoms with Gasteiger partial charge in [-0.3, -0.25) is 4.79 Å². The van der Waals surface area contributed by atoms with Crippen molar-refractivity contribution < 1.29 is 4.79 Å². The van der Waals surface area contributed by atoms with Gasteiger partial charge in [0.15, 0.2) is 0 Å². The topological polar surface area (TPSA) is 55.1 Å². The van der Waals surface area contributed by atoms with E-state index in [2.05, 4.69) is 5.32 Å². The summed E-state index contributed by atoms with van der Waals surface area (Å²) in [5, 5.41) is 3.21. The normalized spacial score (nSPS) is 15.0. The van der Waals surface area contributed by atoms with E-state index in [0.717, 1.165) is 16.1 Å². The molecule has 0 spiro atoms. The molecule has 4 heteroatoms. The molecule has 68 valence electrons. The number of hydrogen-bond donors (Lipinski definition) is 2. The van der Waals surface area contributed by atoms with Gasteiger partial charge in [-0.2, -0.15) is 0 Å². The number of nitrogens with two attached hydrogens (primary N) is 1. The van der Waals surface area contributed by atoms with E-state index < -0.39 is 0 Å². The third-order valence-electron chi connectivity index (χ3n) is 1.96. The van der Waals surface area contributed by atoms with Crippen LogP contribution in [0, 0.1) is 0 Å². The molecule has 0 unspecified atom stereocenters. The molecule has 0 aromatic heterocycles. The molecule has 0 aliphatic carbocycles. The summed E-state index contributed by atoms with van der Waals surface area (Å²) in [5.74, 6) is 0. The van der Waals surface area contributed by atoms with Gasteiger partial charge in [0.1, 0.15) is 0 Å². The Kier molecular flexibility index (Phi) is 2.24. The number of thioether (sulfide) groups is 1. The second-order valence-electron chi connectivity index (χ2n) is 2.83. The first-order chi connectivity index (χ1) is 6.31. The van der Waals surface area contributed by atoms with E-state index in [-0.39, 0.29) is 5.12 Å². The van der Waals surface area contributed by atoms with Crippen LogP contribution in [0.2, 0.25) is 0 Å². The number of benzene rings is 1. The zero-order valence-electron chi connectivity index (χ0n) is 7.04. The van der Waals surface area contributed by atoms with E-state index in [1.54, 1.807) is 0 Å². The maximum absolute atomic E-state index is 11.2. The van der Waals surface area contributed by atoms with E-state index in [4.69, 9.17) is 5.73 Å². The highest BCUT2D eigenvalue weighted by Gasteiger charge is 2.17. The van der Waals surface area contributed by atoms with E-state index >= 15 is 0 Å². The van der Waals surface area contributed by atoms with Crippen LogP contribution in [0.15, 0.2) is 23.1 Å². The highest BCUT2D eigenvalue weighted by molar-refractivity contribution is 8.14. The van der Waals surface area contributed by atoms with Crippen molar-refractivity contribution in [2.75, 3.05) is 11.9 Å². The molecule has 0 radical (unpaired) electrons. The first-order valence-corrected chi connectivity index (χ1v) is 4.89. The van der Waals surface area contributed by atoms with Crippen molar-refractivity contribution in [1.82, 2.24) is 0 Å². The van der Waals surface area contributed by atoms with E-state index in [9.17, 15) is 4.79 Å². The highest BCUT2D eigenvalue weighted by Crippen LogP contribution is 2.34. The number of nitrogens with one attached hydrogen (secondary N) is 1. The molecule has 1 aliphatic rings. The molecule has 1 aromatic carbocycles. The number of carbonyl (C=O) groups is 1. The predicted molar refractivity (Wildman–Crippen MR) is 53.7 cm³/mol. The van der Waals surface area contributed by atoms with Crippen LogP contribution < -0.4 is 11.1 Å². The third kappa shape index (κ3) is 1.55. The average Bonchev–Trinajstić information content (AvgIpc) is 2.17. The minimum atomic E-state index is 0.147. The Balaban J connectivity index is 2.46. The lowest BCUT2D eigenvalue weighted by atomic mass is 10.2. The van der Waals surface area contributed by atoms with Crippen LogP contribution in [0.4, 0.5) is 5.69 Å². The molecule has 0 saturated carbocycles. The van der Waals surface area contributed by atoms with Crippen LogP contribution in [-0.4, -0.2) is 11.7 Å². The van der Waals surface area contributed by atoms with E-state index in [1.807, 2.05) is 18.2 Å². The number of carbonyl (C=O) groups excluding carboxylic acids is 1. The number of fused-ring (bicyclic) bond motifs is 1. The Morgan fingerprint density at radius 3 is 3.15 bits per heavy atom. The molecular formula is C9H10N2OS. The second-order valence-corrected chi connectivity index (χ2v) is 3.89. The summed E-state index contributed by atoms with van der Waals surface area (Å²) in [7, 11) is 0. The Morgan fingerprint density at radius 1 is 1.54 bits per heavy atom. The largest absolute Gasteiger partial charge is 0.376 e.